The van der Waals surface area contributed by atoms with Crippen molar-refractivity contribution < 1.29 is 27.5 Å². The van der Waals surface area contributed by atoms with E-state index in [4.69, 9.17) is 21.1 Å². The Kier molecular flexibility index (Phi) is 10.2. The van der Waals surface area contributed by atoms with Crippen molar-refractivity contribution in [1.29, 1.82) is 0 Å². The Labute approximate surface area is 234 Å². The number of nitrogens with zero attached hydrogens (tertiary/aromatic N) is 2. The lowest BCUT2D eigenvalue weighted by molar-refractivity contribution is -0.140. The van der Waals surface area contributed by atoms with Gasteiger partial charge in [0.15, 0.2) is 0 Å². The molecule has 39 heavy (non-hydrogen) atoms. The van der Waals surface area contributed by atoms with Gasteiger partial charge in [0.2, 0.25) is 11.8 Å². The Bertz CT molecular complexity index is 1380. The third kappa shape index (κ3) is 7.01. The largest absolute Gasteiger partial charge is 0.497 e. The van der Waals surface area contributed by atoms with E-state index in [2.05, 4.69) is 5.32 Å². The number of carbonyl (C=O) groups is 2. The van der Waals surface area contributed by atoms with Crippen molar-refractivity contribution in [3.63, 3.8) is 0 Å². The van der Waals surface area contributed by atoms with Crippen LogP contribution in [0.25, 0.3) is 0 Å². The highest BCUT2D eigenvalue weighted by atomic mass is 35.5. The van der Waals surface area contributed by atoms with Gasteiger partial charge in [0.05, 0.1) is 29.8 Å². The topological polar surface area (TPSA) is 105 Å². The van der Waals surface area contributed by atoms with Crippen molar-refractivity contribution in [3.8, 4) is 11.5 Å². The van der Waals surface area contributed by atoms with Crippen LogP contribution in [0.5, 0.6) is 11.5 Å². The quantitative estimate of drug-likeness (QED) is 0.350. The molecule has 1 atom stereocenters. The summed E-state index contributed by atoms with van der Waals surface area (Å²) in [7, 11) is 0.303. The molecule has 0 aromatic heterocycles. The number of sulfonamides is 1. The molecule has 0 heterocycles. The molecule has 0 aliphatic carbocycles. The Morgan fingerprint density at radius 1 is 0.974 bits per heavy atom. The lowest BCUT2D eigenvalue weighted by Crippen LogP contribution is -2.51. The van der Waals surface area contributed by atoms with Gasteiger partial charge in [0.1, 0.15) is 24.1 Å². The molecule has 208 valence electrons. The van der Waals surface area contributed by atoms with Crippen LogP contribution in [0.1, 0.15) is 18.9 Å². The van der Waals surface area contributed by atoms with Crippen molar-refractivity contribution in [1.82, 2.24) is 10.2 Å². The number of carbonyl (C=O) groups excluding carboxylic acids is 2. The Balaban J connectivity index is 2.07. The molecule has 3 aromatic rings. The van der Waals surface area contributed by atoms with Crippen LogP contribution in [-0.2, 0) is 26.2 Å². The van der Waals surface area contributed by atoms with E-state index in [0.717, 1.165) is 9.87 Å². The predicted octanol–water partition coefficient (Wildman–Crippen LogP) is 4.11. The van der Waals surface area contributed by atoms with Crippen LogP contribution in [0.3, 0.4) is 0 Å². The first kappa shape index (κ1) is 29.8. The molecule has 0 aliphatic heterocycles. The van der Waals surface area contributed by atoms with Gasteiger partial charge >= 0.3 is 0 Å². The van der Waals surface area contributed by atoms with Gasteiger partial charge < -0.3 is 19.7 Å². The Morgan fingerprint density at radius 2 is 1.64 bits per heavy atom. The highest BCUT2D eigenvalue weighted by molar-refractivity contribution is 7.92. The molecule has 0 unspecified atom stereocenters. The fraction of sp³-hybridized carbons (Fsp3) is 0.286. The second-order valence-electron chi connectivity index (χ2n) is 8.55. The molecule has 0 bridgehead atoms. The van der Waals surface area contributed by atoms with Crippen molar-refractivity contribution in [2.24, 2.45) is 0 Å². The number of halogens is 1. The van der Waals surface area contributed by atoms with Crippen LogP contribution < -0.4 is 19.1 Å². The van der Waals surface area contributed by atoms with Crippen LogP contribution in [0.2, 0.25) is 5.02 Å². The molecule has 0 spiro atoms. The normalized spacial score (nSPS) is 11.8. The number of nitrogens with one attached hydrogen (secondary N) is 1. The summed E-state index contributed by atoms with van der Waals surface area (Å²) in [4.78, 5) is 28.1. The fourth-order valence-corrected chi connectivity index (χ4v) is 5.75. The van der Waals surface area contributed by atoms with E-state index in [1.165, 1.54) is 49.4 Å². The second kappa shape index (κ2) is 13.3. The number of hydrogen-bond acceptors (Lipinski definition) is 6. The van der Waals surface area contributed by atoms with Crippen molar-refractivity contribution in [2.75, 3.05) is 32.1 Å². The van der Waals surface area contributed by atoms with Crippen molar-refractivity contribution in [2.45, 2.75) is 30.8 Å². The smallest absolute Gasteiger partial charge is 0.264 e. The summed E-state index contributed by atoms with van der Waals surface area (Å²) in [5, 5.41) is 2.78. The minimum absolute atomic E-state index is 0.00443. The summed E-state index contributed by atoms with van der Waals surface area (Å²) < 4.78 is 39.0. The maximum Gasteiger partial charge on any atom is 0.264 e. The number of benzene rings is 3. The van der Waals surface area contributed by atoms with Gasteiger partial charge in [-0.25, -0.2) is 8.42 Å². The predicted molar refractivity (Wildman–Crippen MR) is 151 cm³/mol. The van der Waals surface area contributed by atoms with Gasteiger partial charge in [-0.3, -0.25) is 13.9 Å². The third-order valence-corrected chi connectivity index (χ3v) is 8.26. The van der Waals surface area contributed by atoms with Crippen molar-refractivity contribution >= 4 is 39.1 Å². The highest BCUT2D eigenvalue weighted by Gasteiger charge is 2.33. The number of rotatable bonds is 12. The number of hydrogen-bond donors (Lipinski definition) is 1. The van der Waals surface area contributed by atoms with Crippen molar-refractivity contribution in [3.05, 3.63) is 83.4 Å². The molecular weight excluding hydrogens is 542 g/mol. The van der Waals surface area contributed by atoms with E-state index in [1.807, 2.05) is 0 Å². The molecule has 0 fully saturated rings. The van der Waals surface area contributed by atoms with Crippen LogP contribution in [0, 0.1) is 0 Å². The summed E-state index contributed by atoms with van der Waals surface area (Å²) in [6, 6.07) is 18.5. The Hall–Kier alpha value is -3.76. The first-order valence-corrected chi connectivity index (χ1v) is 14.0. The first-order chi connectivity index (χ1) is 18.7. The molecule has 0 aliphatic rings. The number of amides is 2. The lowest BCUT2D eigenvalue weighted by Gasteiger charge is -2.33. The number of anilines is 1. The van der Waals surface area contributed by atoms with Gasteiger partial charge in [0, 0.05) is 13.6 Å². The van der Waals surface area contributed by atoms with E-state index >= 15 is 0 Å². The molecule has 2 amide bonds. The lowest BCUT2D eigenvalue weighted by atomic mass is 10.1. The van der Waals surface area contributed by atoms with Crippen LogP contribution in [-0.4, -0.2) is 59.0 Å². The minimum Gasteiger partial charge on any atom is -0.497 e. The SMILES string of the molecule is CC[C@@H](C(=O)NC)N(Cc1ccc(OC)cc1)C(=O)CN(c1ccc(OC)c(Cl)c1)S(=O)(=O)c1ccccc1. The van der Waals surface area contributed by atoms with Gasteiger partial charge in [-0.15, -0.1) is 0 Å². The van der Waals surface area contributed by atoms with Crippen LogP contribution >= 0.6 is 11.6 Å². The number of likely N-dealkylation sites (N-methyl/N-ethyl adjacent to an activating group) is 1. The average Bonchev–Trinajstić information content (AvgIpc) is 2.96. The summed E-state index contributed by atoms with van der Waals surface area (Å²) in [6.45, 7) is 1.30. The molecule has 3 aromatic carbocycles. The molecule has 0 saturated heterocycles. The fourth-order valence-electron chi connectivity index (χ4n) is 4.07. The molecule has 1 N–H and O–H groups in total. The zero-order valence-electron chi connectivity index (χ0n) is 22.3. The summed E-state index contributed by atoms with van der Waals surface area (Å²) >= 11 is 6.33. The molecular formula is C28H32ClN3O6S. The van der Waals surface area contributed by atoms with E-state index in [1.54, 1.807) is 56.5 Å². The van der Waals surface area contributed by atoms with Gasteiger partial charge in [0.25, 0.3) is 10.0 Å². The Morgan fingerprint density at radius 3 is 2.18 bits per heavy atom. The number of methoxy groups -OCH3 is 2. The zero-order valence-corrected chi connectivity index (χ0v) is 23.8. The molecule has 9 nitrogen and oxygen atoms in total. The summed E-state index contributed by atoms with van der Waals surface area (Å²) in [5.74, 6) is 0.0825. The second-order valence-corrected chi connectivity index (χ2v) is 10.8. The van der Waals surface area contributed by atoms with Crippen LogP contribution in [0.4, 0.5) is 5.69 Å². The van der Waals surface area contributed by atoms with Crippen LogP contribution in [0.15, 0.2) is 77.7 Å². The maximum atomic E-state index is 13.9. The molecule has 0 saturated carbocycles. The average molecular weight is 574 g/mol. The standard InChI is InChI=1S/C28H32ClN3O6S/c1-5-25(28(34)30-2)31(18-20-11-14-22(37-3)15-12-20)27(33)19-32(21-13-16-26(38-4)24(29)17-21)39(35,36)23-9-7-6-8-10-23/h6-17,25H,5,18-19H2,1-4H3,(H,30,34)/t25-/m0/s1. The monoisotopic (exact) mass is 573 g/mol. The zero-order chi connectivity index (χ0) is 28.6. The first-order valence-electron chi connectivity index (χ1n) is 12.2. The summed E-state index contributed by atoms with van der Waals surface area (Å²) in [6.07, 6.45) is 0.321. The summed E-state index contributed by atoms with van der Waals surface area (Å²) in [5.41, 5.74) is 0.923. The van der Waals surface area contributed by atoms with E-state index < -0.39 is 28.5 Å². The molecule has 3 rings (SSSR count). The van der Waals surface area contributed by atoms with Gasteiger partial charge in [-0.2, -0.15) is 0 Å². The van der Waals surface area contributed by atoms with E-state index in [9.17, 15) is 18.0 Å². The van der Waals surface area contributed by atoms with Gasteiger partial charge in [-0.05, 0) is 54.4 Å². The molecule has 11 heteroatoms. The van der Waals surface area contributed by atoms with E-state index in [0.29, 0.717) is 17.9 Å². The van der Waals surface area contributed by atoms with E-state index in [-0.39, 0.29) is 28.1 Å². The number of ether oxygens (including phenoxy) is 2. The highest BCUT2D eigenvalue weighted by Crippen LogP contribution is 2.32. The molecule has 0 radical (unpaired) electrons. The minimum atomic E-state index is -4.19. The third-order valence-electron chi connectivity index (χ3n) is 6.18. The van der Waals surface area contributed by atoms with Gasteiger partial charge in [-0.1, -0.05) is 48.9 Å². The maximum absolute atomic E-state index is 13.9.